The molecule has 1 saturated heterocycles. The number of carbonyl (C=O) groups excluding carboxylic acids is 1. The molecule has 2 heterocycles. The van der Waals surface area contributed by atoms with Crippen molar-refractivity contribution in [3.05, 3.63) is 50.9 Å². The van der Waals surface area contributed by atoms with E-state index in [9.17, 15) is 4.79 Å². The number of thiazole rings is 1. The highest BCUT2D eigenvalue weighted by molar-refractivity contribution is 7.09. The molecule has 0 spiro atoms. The van der Waals surface area contributed by atoms with Crippen molar-refractivity contribution >= 4 is 28.8 Å². The van der Waals surface area contributed by atoms with E-state index >= 15 is 0 Å². The van der Waals surface area contributed by atoms with Gasteiger partial charge < -0.3 is 9.80 Å². The molecule has 6 heteroatoms. The molecule has 1 aliphatic heterocycles. The molecule has 1 aromatic heterocycles. The predicted octanol–water partition coefficient (Wildman–Crippen LogP) is 4.95. The molecular weight excluding hydrogens is 390 g/mol. The summed E-state index contributed by atoms with van der Waals surface area (Å²) in [4.78, 5) is 21.5. The van der Waals surface area contributed by atoms with E-state index < -0.39 is 0 Å². The second kappa shape index (κ2) is 9.86. The maximum atomic E-state index is 12.7. The monoisotopic (exact) mass is 419 g/mol. The van der Waals surface area contributed by atoms with Crippen LogP contribution in [0.5, 0.6) is 0 Å². The molecule has 1 aromatic carbocycles. The van der Waals surface area contributed by atoms with E-state index in [0.29, 0.717) is 17.5 Å². The Hall–Kier alpha value is -1.43. The van der Waals surface area contributed by atoms with E-state index in [4.69, 9.17) is 11.6 Å². The molecule has 0 radical (unpaired) electrons. The molecule has 1 aliphatic rings. The van der Waals surface area contributed by atoms with Gasteiger partial charge in [-0.2, -0.15) is 0 Å². The minimum atomic E-state index is 0.0494. The number of likely N-dealkylation sites (tertiary alicyclic amines) is 1. The summed E-state index contributed by atoms with van der Waals surface area (Å²) < 4.78 is 0. The third-order valence-corrected chi connectivity index (χ3v) is 6.85. The highest BCUT2D eigenvalue weighted by atomic mass is 35.5. The fourth-order valence-corrected chi connectivity index (χ4v) is 4.58. The lowest BCUT2D eigenvalue weighted by Gasteiger charge is -2.33. The topological polar surface area (TPSA) is 36.4 Å². The Labute approximate surface area is 177 Å². The summed E-state index contributed by atoms with van der Waals surface area (Å²) in [5.74, 6) is 0.992. The van der Waals surface area contributed by atoms with Gasteiger partial charge in [0, 0.05) is 36.5 Å². The molecule has 0 unspecified atom stereocenters. The first-order chi connectivity index (χ1) is 13.4. The standard InChI is InChI=1S/C22H30ClN3OS/c1-16(2)21-24-20(15-28-21)22(27)25(3)14-18-9-12-26(13-10-18)11-8-17-4-6-19(23)7-5-17/h4-7,15-16,18H,8-14H2,1-3H3. The molecule has 2 aromatic rings. The Kier molecular flexibility index (Phi) is 7.49. The number of nitrogens with zero attached hydrogens (tertiary/aromatic N) is 3. The van der Waals surface area contributed by atoms with Gasteiger partial charge in [0.2, 0.25) is 0 Å². The van der Waals surface area contributed by atoms with E-state index in [1.165, 1.54) is 5.56 Å². The molecule has 3 rings (SSSR count). The summed E-state index contributed by atoms with van der Waals surface area (Å²) >= 11 is 7.53. The first-order valence-corrected chi connectivity index (χ1v) is 11.4. The zero-order valence-electron chi connectivity index (χ0n) is 17.0. The van der Waals surface area contributed by atoms with Crippen LogP contribution in [0.2, 0.25) is 5.02 Å². The van der Waals surface area contributed by atoms with Crippen molar-refractivity contribution in [2.45, 2.75) is 39.0 Å². The van der Waals surface area contributed by atoms with E-state index in [1.54, 1.807) is 11.3 Å². The molecule has 0 atom stereocenters. The zero-order valence-corrected chi connectivity index (χ0v) is 18.6. The Morgan fingerprint density at radius 3 is 2.57 bits per heavy atom. The van der Waals surface area contributed by atoms with Crippen LogP contribution in [-0.4, -0.2) is 53.9 Å². The van der Waals surface area contributed by atoms with Crippen LogP contribution in [0.4, 0.5) is 0 Å². The predicted molar refractivity (Wildman–Crippen MR) is 117 cm³/mol. The van der Waals surface area contributed by atoms with Crippen molar-refractivity contribution in [1.29, 1.82) is 0 Å². The van der Waals surface area contributed by atoms with E-state index in [2.05, 4.69) is 35.9 Å². The number of hydrogen-bond donors (Lipinski definition) is 0. The van der Waals surface area contributed by atoms with Crippen molar-refractivity contribution in [2.24, 2.45) is 5.92 Å². The van der Waals surface area contributed by atoms with Gasteiger partial charge in [-0.15, -0.1) is 11.3 Å². The van der Waals surface area contributed by atoms with Crippen molar-refractivity contribution in [2.75, 3.05) is 33.2 Å². The van der Waals surface area contributed by atoms with Gasteiger partial charge in [-0.25, -0.2) is 4.98 Å². The minimum absolute atomic E-state index is 0.0494. The van der Waals surface area contributed by atoms with Gasteiger partial charge in [0.1, 0.15) is 5.69 Å². The average Bonchev–Trinajstić information content (AvgIpc) is 3.18. The molecule has 0 saturated carbocycles. The largest absolute Gasteiger partial charge is 0.340 e. The summed E-state index contributed by atoms with van der Waals surface area (Å²) in [7, 11) is 1.91. The fourth-order valence-electron chi connectivity index (χ4n) is 3.65. The number of carbonyl (C=O) groups is 1. The summed E-state index contributed by atoms with van der Waals surface area (Å²) in [6.45, 7) is 8.33. The highest BCUT2D eigenvalue weighted by Crippen LogP contribution is 2.22. The zero-order chi connectivity index (χ0) is 20.1. The number of benzene rings is 1. The van der Waals surface area contributed by atoms with Crippen molar-refractivity contribution in [3.63, 3.8) is 0 Å². The van der Waals surface area contributed by atoms with Crippen LogP contribution in [0.3, 0.4) is 0 Å². The average molecular weight is 420 g/mol. The molecule has 4 nitrogen and oxygen atoms in total. The summed E-state index contributed by atoms with van der Waals surface area (Å²) in [6.07, 6.45) is 3.35. The van der Waals surface area contributed by atoms with Crippen molar-refractivity contribution in [1.82, 2.24) is 14.8 Å². The van der Waals surface area contributed by atoms with Gasteiger partial charge in [0.15, 0.2) is 0 Å². The van der Waals surface area contributed by atoms with Crippen molar-refractivity contribution < 1.29 is 4.79 Å². The molecule has 1 fully saturated rings. The molecule has 152 valence electrons. The normalized spacial score (nSPS) is 15.9. The molecule has 28 heavy (non-hydrogen) atoms. The van der Waals surface area contributed by atoms with Crippen LogP contribution in [0.1, 0.15) is 53.7 Å². The second-order valence-electron chi connectivity index (χ2n) is 8.07. The van der Waals surface area contributed by atoms with Crippen LogP contribution in [0.15, 0.2) is 29.6 Å². The maximum absolute atomic E-state index is 12.7. The Morgan fingerprint density at radius 1 is 1.29 bits per heavy atom. The first kappa shape index (κ1) is 21.3. The SMILES string of the molecule is CC(C)c1nc(C(=O)N(C)CC2CCN(CCc3ccc(Cl)cc3)CC2)cs1. The van der Waals surface area contributed by atoms with E-state index in [0.717, 1.165) is 55.5 Å². The number of hydrogen-bond acceptors (Lipinski definition) is 4. The second-order valence-corrected chi connectivity index (χ2v) is 9.40. The lowest BCUT2D eigenvalue weighted by molar-refractivity contribution is 0.0735. The maximum Gasteiger partial charge on any atom is 0.273 e. The van der Waals surface area contributed by atoms with E-state index in [1.807, 2.05) is 29.5 Å². The van der Waals surface area contributed by atoms with Gasteiger partial charge >= 0.3 is 0 Å². The van der Waals surface area contributed by atoms with Gasteiger partial charge in [-0.05, 0) is 56.0 Å². The smallest absolute Gasteiger partial charge is 0.273 e. The van der Waals surface area contributed by atoms with Crippen LogP contribution < -0.4 is 0 Å². The molecule has 0 bridgehead atoms. The summed E-state index contributed by atoms with van der Waals surface area (Å²) in [6, 6.07) is 8.14. The minimum Gasteiger partial charge on any atom is -0.340 e. The number of halogens is 1. The van der Waals surface area contributed by atoms with Crippen LogP contribution in [-0.2, 0) is 6.42 Å². The van der Waals surface area contributed by atoms with Crippen LogP contribution in [0, 0.1) is 5.92 Å². The molecule has 1 amide bonds. The van der Waals surface area contributed by atoms with Gasteiger partial charge in [0.25, 0.3) is 5.91 Å². The van der Waals surface area contributed by atoms with Crippen LogP contribution >= 0.6 is 22.9 Å². The molecule has 0 aliphatic carbocycles. The van der Waals surface area contributed by atoms with Gasteiger partial charge in [-0.3, -0.25) is 4.79 Å². The number of amides is 1. The van der Waals surface area contributed by atoms with Gasteiger partial charge in [-0.1, -0.05) is 37.6 Å². The number of piperidine rings is 1. The van der Waals surface area contributed by atoms with E-state index in [-0.39, 0.29) is 5.91 Å². The summed E-state index contributed by atoms with van der Waals surface area (Å²) in [5, 5.41) is 3.72. The Balaban J connectivity index is 1.41. The van der Waals surface area contributed by atoms with Crippen LogP contribution in [0.25, 0.3) is 0 Å². The Morgan fingerprint density at radius 2 is 1.96 bits per heavy atom. The fraction of sp³-hybridized carbons (Fsp3) is 0.545. The summed E-state index contributed by atoms with van der Waals surface area (Å²) in [5.41, 5.74) is 1.93. The number of aromatic nitrogens is 1. The lowest BCUT2D eigenvalue weighted by atomic mass is 9.96. The Bertz CT molecular complexity index is 766. The van der Waals surface area contributed by atoms with Gasteiger partial charge in [0.05, 0.1) is 5.01 Å². The quantitative estimate of drug-likeness (QED) is 0.637. The third-order valence-electron chi connectivity index (χ3n) is 5.45. The van der Waals surface area contributed by atoms with Crippen molar-refractivity contribution in [3.8, 4) is 0 Å². The number of rotatable bonds is 7. The highest BCUT2D eigenvalue weighted by Gasteiger charge is 2.23. The molecular formula is C22H30ClN3OS. The molecule has 0 N–H and O–H groups in total. The first-order valence-electron chi connectivity index (χ1n) is 10.1. The lowest BCUT2D eigenvalue weighted by Crippen LogP contribution is -2.40. The third kappa shape index (κ3) is 5.79.